The summed E-state index contributed by atoms with van der Waals surface area (Å²) in [5.74, 6) is 1.12. The molecule has 108 valence electrons. The number of nitrogens with zero attached hydrogens (tertiary/aromatic N) is 2. The molecule has 2 atom stereocenters. The van der Waals surface area contributed by atoms with Gasteiger partial charge in [-0.3, -0.25) is 0 Å². The van der Waals surface area contributed by atoms with Crippen LogP contribution < -0.4 is 5.73 Å². The van der Waals surface area contributed by atoms with Gasteiger partial charge in [-0.15, -0.1) is 0 Å². The highest BCUT2D eigenvalue weighted by Crippen LogP contribution is 2.19. The van der Waals surface area contributed by atoms with E-state index in [0.29, 0.717) is 24.4 Å². The molecule has 2 heterocycles. The van der Waals surface area contributed by atoms with Gasteiger partial charge in [0.15, 0.2) is 5.82 Å². The fourth-order valence-electron chi connectivity index (χ4n) is 2.27. The first-order chi connectivity index (χ1) is 9.12. The van der Waals surface area contributed by atoms with Crippen molar-refractivity contribution >= 4 is 0 Å². The number of nitrogens with two attached hydrogens (primary N) is 1. The molecule has 6 heteroatoms. The van der Waals surface area contributed by atoms with Crippen LogP contribution >= 0.6 is 0 Å². The van der Waals surface area contributed by atoms with E-state index in [0.717, 1.165) is 25.9 Å². The maximum Gasteiger partial charge on any atom is 0.226 e. The van der Waals surface area contributed by atoms with Gasteiger partial charge >= 0.3 is 0 Å². The molecule has 0 aromatic carbocycles. The molecule has 2 rings (SSSR count). The van der Waals surface area contributed by atoms with Crippen LogP contribution in [0.1, 0.15) is 44.3 Å². The number of aryl methyl sites for hydroxylation is 1. The molecule has 2 N–H and O–H groups in total. The predicted molar refractivity (Wildman–Crippen MR) is 69.6 cm³/mol. The summed E-state index contributed by atoms with van der Waals surface area (Å²) >= 11 is 0. The van der Waals surface area contributed by atoms with Gasteiger partial charge < -0.3 is 19.7 Å². The van der Waals surface area contributed by atoms with Crippen LogP contribution in [0.25, 0.3) is 0 Å². The lowest BCUT2D eigenvalue weighted by Gasteiger charge is -2.21. The van der Waals surface area contributed by atoms with Gasteiger partial charge in [0.1, 0.15) is 5.54 Å². The predicted octanol–water partition coefficient (Wildman–Crippen LogP) is 1.39. The fourth-order valence-corrected chi connectivity index (χ4v) is 2.27. The number of aromatic nitrogens is 2. The van der Waals surface area contributed by atoms with E-state index in [1.165, 1.54) is 12.8 Å². The van der Waals surface area contributed by atoms with Crippen LogP contribution in [0.15, 0.2) is 4.52 Å². The van der Waals surface area contributed by atoms with E-state index in [1.54, 1.807) is 7.11 Å². The number of hydrogen-bond acceptors (Lipinski definition) is 6. The molecule has 0 aliphatic carbocycles. The number of rotatable bonds is 6. The molecule has 0 bridgehead atoms. The molecule has 1 saturated heterocycles. The molecular weight excluding hydrogens is 246 g/mol. The monoisotopic (exact) mass is 269 g/mol. The van der Waals surface area contributed by atoms with Crippen LogP contribution in [-0.2, 0) is 21.4 Å². The Morgan fingerprint density at radius 2 is 2.32 bits per heavy atom. The summed E-state index contributed by atoms with van der Waals surface area (Å²) in [7, 11) is 1.60. The van der Waals surface area contributed by atoms with Crippen molar-refractivity contribution in [2.45, 2.75) is 50.7 Å². The second-order valence-electron chi connectivity index (χ2n) is 5.39. The highest BCUT2D eigenvalue weighted by molar-refractivity contribution is 5.01. The zero-order valence-electron chi connectivity index (χ0n) is 11.7. The average Bonchev–Trinajstić information content (AvgIpc) is 2.87. The fraction of sp³-hybridized carbons (Fsp3) is 0.846. The van der Waals surface area contributed by atoms with Crippen molar-refractivity contribution in [1.29, 1.82) is 0 Å². The zero-order valence-corrected chi connectivity index (χ0v) is 11.7. The molecule has 19 heavy (non-hydrogen) atoms. The van der Waals surface area contributed by atoms with E-state index in [4.69, 9.17) is 19.7 Å². The van der Waals surface area contributed by atoms with E-state index < -0.39 is 5.54 Å². The Morgan fingerprint density at radius 1 is 1.47 bits per heavy atom. The lowest BCUT2D eigenvalue weighted by molar-refractivity contribution is 0.0104. The van der Waals surface area contributed by atoms with Gasteiger partial charge in [-0.25, -0.2) is 0 Å². The minimum absolute atomic E-state index is 0.326. The largest absolute Gasteiger partial charge is 0.382 e. The highest BCUT2D eigenvalue weighted by atomic mass is 16.5. The van der Waals surface area contributed by atoms with Crippen molar-refractivity contribution in [1.82, 2.24) is 10.1 Å². The van der Waals surface area contributed by atoms with Crippen molar-refractivity contribution in [3.05, 3.63) is 11.7 Å². The Hall–Kier alpha value is -0.980. The Balaban J connectivity index is 1.86. The SMILES string of the molecule is COCC(C)(N)c1noc(CCC2CCCCO2)n1. The number of methoxy groups -OCH3 is 1. The maximum atomic E-state index is 6.07. The van der Waals surface area contributed by atoms with Gasteiger partial charge in [-0.05, 0) is 32.6 Å². The minimum Gasteiger partial charge on any atom is -0.382 e. The summed E-state index contributed by atoms with van der Waals surface area (Å²) in [6, 6.07) is 0. The van der Waals surface area contributed by atoms with E-state index >= 15 is 0 Å². The molecule has 2 unspecified atom stereocenters. The Morgan fingerprint density at radius 3 is 3.00 bits per heavy atom. The van der Waals surface area contributed by atoms with Crippen molar-refractivity contribution in [2.24, 2.45) is 5.73 Å². The highest BCUT2D eigenvalue weighted by Gasteiger charge is 2.27. The van der Waals surface area contributed by atoms with Gasteiger partial charge in [0.05, 0.1) is 12.7 Å². The lowest BCUT2D eigenvalue weighted by atomic mass is 10.0. The summed E-state index contributed by atoms with van der Waals surface area (Å²) in [6.07, 6.45) is 5.53. The van der Waals surface area contributed by atoms with Crippen LogP contribution in [0.4, 0.5) is 0 Å². The van der Waals surface area contributed by atoms with Gasteiger partial charge in [0.25, 0.3) is 0 Å². The number of hydrogen-bond donors (Lipinski definition) is 1. The molecule has 1 aromatic rings. The molecule has 0 amide bonds. The minimum atomic E-state index is -0.710. The first kappa shape index (κ1) is 14.4. The molecule has 0 spiro atoms. The lowest BCUT2D eigenvalue weighted by Crippen LogP contribution is -2.39. The quantitative estimate of drug-likeness (QED) is 0.840. The van der Waals surface area contributed by atoms with Gasteiger partial charge in [-0.2, -0.15) is 4.98 Å². The van der Waals surface area contributed by atoms with Crippen LogP contribution in [-0.4, -0.2) is 36.6 Å². The summed E-state index contributed by atoms with van der Waals surface area (Å²) in [4.78, 5) is 4.35. The van der Waals surface area contributed by atoms with Crippen LogP contribution in [0.3, 0.4) is 0 Å². The first-order valence-electron chi connectivity index (χ1n) is 6.84. The van der Waals surface area contributed by atoms with Gasteiger partial charge in [0.2, 0.25) is 5.89 Å². The Bertz CT molecular complexity index is 386. The van der Waals surface area contributed by atoms with Crippen LogP contribution in [0, 0.1) is 0 Å². The van der Waals surface area contributed by atoms with Crippen molar-refractivity contribution in [3.8, 4) is 0 Å². The maximum absolute atomic E-state index is 6.07. The van der Waals surface area contributed by atoms with Crippen molar-refractivity contribution in [2.75, 3.05) is 20.3 Å². The van der Waals surface area contributed by atoms with Crippen molar-refractivity contribution < 1.29 is 14.0 Å². The Kier molecular flexibility index (Phi) is 4.90. The molecular formula is C13H23N3O3. The molecule has 6 nitrogen and oxygen atoms in total. The average molecular weight is 269 g/mol. The summed E-state index contributed by atoms with van der Waals surface area (Å²) in [5, 5.41) is 3.94. The smallest absolute Gasteiger partial charge is 0.226 e. The molecule has 1 aliphatic rings. The first-order valence-corrected chi connectivity index (χ1v) is 6.84. The van der Waals surface area contributed by atoms with Crippen LogP contribution in [0.5, 0.6) is 0 Å². The topological polar surface area (TPSA) is 83.4 Å². The normalized spacial score (nSPS) is 23.2. The van der Waals surface area contributed by atoms with Gasteiger partial charge in [-0.1, -0.05) is 5.16 Å². The number of ether oxygens (including phenoxy) is 2. The third-order valence-corrected chi connectivity index (χ3v) is 3.38. The van der Waals surface area contributed by atoms with Crippen molar-refractivity contribution in [3.63, 3.8) is 0 Å². The van der Waals surface area contributed by atoms with E-state index in [9.17, 15) is 0 Å². The van der Waals surface area contributed by atoms with E-state index in [-0.39, 0.29) is 0 Å². The second kappa shape index (κ2) is 6.45. The van der Waals surface area contributed by atoms with E-state index in [1.807, 2.05) is 6.92 Å². The van der Waals surface area contributed by atoms with Crippen LogP contribution in [0.2, 0.25) is 0 Å². The molecule has 0 radical (unpaired) electrons. The third kappa shape index (κ3) is 3.99. The standard InChI is InChI=1S/C13H23N3O3/c1-13(14,9-17-2)12-15-11(19-16-12)7-6-10-5-3-4-8-18-10/h10H,3-9,14H2,1-2H3. The zero-order chi connectivity index (χ0) is 13.7. The molecule has 0 saturated carbocycles. The molecule has 1 aromatic heterocycles. The van der Waals surface area contributed by atoms with Gasteiger partial charge in [0, 0.05) is 20.1 Å². The summed E-state index contributed by atoms with van der Waals surface area (Å²) < 4.78 is 16.0. The molecule has 1 aliphatic heterocycles. The summed E-state index contributed by atoms with van der Waals surface area (Å²) in [5.41, 5.74) is 5.36. The molecule has 1 fully saturated rings. The Labute approximate surface area is 113 Å². The second-order valence-corrected chi connectivity index (χ2v) is 5.39. The third-order valence-electron chi connectivity index (χ3n) is 3.38. The summed E-state index contributed by atoms with van der Waals surface area (Å²) in [6.45, 7) is 3.06. The van der Waals surface area contributed by atoms with E-state index in [2.05, 4.69) is 10.1 Å².